The summed E-state index contributed by atoms with van der Waals surface area (Å²) in [7, 11) is 0. The van der Waals surface area contributed by atoms with Crippen LogP contribution in [0.5, 0.6) is 5.75 Å². The van der Waals surface area contributed by atoms with Gasteiger partial charge in [-0.15, -0.1) is 11.6 Å². The zero-order valence-corrected chi connectivity index (χ0v) is 17.9. The summed E-state index contributed by atoms with van der Waals surface area (Å²) in [6, 6.07) is 24.5. The molecule has 158 valence electrons. The molecule has 0 amide bonds. The van der Waals surface area contributed by atoms with E-state index >= 15 is 0 Å². The van der Waals surface area contributed by atoms with Crippen LogP contribution >= 0.6 is 11.6 Å². The van der Waals surface area contributed by atoms with Crippen molar-refractivity contribution < 1.29 is 18.6 Å². The topological polar surface area (TPSA) is 72.8 Å². The quantitative estimate of drug-likeness (QED) is 0.371. The van der Waals surface area contributed by atoms with Crippen LogP contribution in [0.3, 0.4) is 0 Å². The molecule has 1 unspecified atom stereocenters. The second-order valence-electron chi connectivity index (χ2n) is 6.79. The van der Waals surface area contributed by atoms with Crippen LogP contribution in [0.15, 0.2) is 78.9 Å². The molecule has 0 saturated carbocycles. The van der Waals surface area contributed by atoms with E-state index in [-0.39, 0.29) is 11.8 Å². The number of ether oxygens (including phenoxy) is 1. The highest BCUT2D eigenvalue weighted by atomic mass is 35.5. The number of rotatable bonds is 10. The molecule has 7 heteroatoms. The predicted molar refractivity (Wildman–Crippen MR) is 119 cm³/mol. The fourth-order valence-electron chi connectivity index (χ4n) is 3.07. The molecule has 3 aromatic carbocycles. The third-order valence-corrected chi connectivity index (χ3v) is 5.38. The highest BCUT2D eigenvalue weighted by Gasteiger charge is 2.17. The summed E-state index contributed by atoms with van der Waals surface area (Å²) in [6.07, 6.45) is -0.857. The van der Waals surface area contributed by atoms with Crippen LogP contribution in [0.2, 0.25) is 0 Å². The van der Waals surface area contributed by atoms with Gasteiger partial charge in [0, 0.05) is 6.54 Å². The summed E-state index contributed by atoms with van der Waals surface area (Å²) in [6.45, 7) is 0.710. The lowest BCUT2D eigenvalue weighted by atomic mass is 10.1. The molecule has 0 saturated heterocycles. The monoisotopic (exact) mass is 444 g/mol. The van der Waals surface area contributed by atoms with Crippen molar-refractivity contribution >= 4 is 28.4 Å². The average Bonchev–Trinajstić information content (AvgIpc) is 2.77. The van der Waals surface area contributed by atoms with E-state index in [0.717, 1.165) is 11.1 Å². The van der Waals surface area contributed by atoms with Crippen molar-refractivity contribution in [1.29, 1.82) is 0 Å². The number of alkyl halides is 1. The van der Waals surface area contributed by atoms with Gasteiger partial charge in [0.05, 0.1) is 23.5 Å². The number of benzene rings is 3. The van der Waals surface area contributed by atoms with Gasteiger partial charge in [-0.3, -0.25) is 4.21 Å². The number of halogens is 1. The smallest absolute Gasteiger partial charge is 0.143 e. The van der Waals surface area contributed by atoms with Crippen molar-refractivity contribution in [3.05, 3.63) is 95.6 Å². The Morgan fingerprint density at radius 1 is 1.00 bits per heavy atom. The molecule has 3 rings (SSSR count). The van der Waals surface area contributed by atoms with Crippen molar-refractivity contribution in [2.45, 2.75) is 19.3 Å². The normalized spacial score (nSPS) is 12.9. The first kappa shape index (κ1) is 22.3. The summed E-state index contributed by atoms with van der Waals surface area (Å²) in [4.78, 5) is 1.71. The van der Waals surface area contributed by atoms with Crippen LogP contribution in [0.25, 0.3) is 0 Å². The van der Waals surface area contributed by atoms with E-state index in [9.17, 15) is 13.9 Å². The van der Waals surface area contributed by atoms with Crippen molar-refractivity contribution in [2.75, 3.05) is 16.7 Å². The molecule has 5 nitrogen and oxygen atoms in total. The molecule has 0 aliphatic rings. The summed E-state index contributed by atoms with van der Waals surface area (Å²) >= 11 is 3.51. The molecule has 0 aliphatic heterocycles. The second kappa shape index (κ2) is 11.1. The van der Waals surface area contributed by atoms with Crippen molar-refractivity contribution in [3.8, 4) is 5.75 Å². The maximum absolute atomic E-state index is 11.6. The molecular formula is C23H23ClNO4S-. The second-order valence-corrected chi connectivity index (χ2v) is 7.96. The molecule has 0 heterocycles. The molecule has 0 radical (unpaired) electrons. The molecular weight excluding hydrogens is 422 g/mol. The number of hydrogen-bond acceptors (Lipinski definition) is 5. The third-order valence-electron chi connectivity index (χ3n) is 4.57. The average molecular weight is 445 g/mol. The van der Waals surface area contributed by atoms with E-state index in [1.807, 2.05) is 60.7 Å². The first-order chi connectivity index (χ1) is 14.6. The van der Waals surface area contributed by atoms with Gasteiger partial charge in [-0.2, -0.15) is 0 Å². The zero-order chi connectivity index (χ0) is 21.3. The minimum Gasteiger partial charge on any atom is -0.771 e. The van der Waals surface area contributed by atoms with Gasteiger partial charge in [0.15, 0.2) is 0 Å². The summed E-state index contributed by atoms with van der Waals surface area (Å²) in [5.41, 5.74) is 3.14. The Hall–Kier alpha value is -2.38. The highest BCUT2D eigenvalue weighted by Crippen LogP contribution is 2.34. The van der Waals surface area contributed by atoms with Gasteiger partial charge in [-0.05, 0) is 39.9 Å². The van der Waals surface area contributed by atoms with Gasteiger partial charge in [0.25, 0.3) is 0 Å². The Labute approximate surface area is 184 Å². The molecule has 0 fully saturated rings. The number of nitrogens with zero attached hydrogens (tertiary/aromatic N) is 1. The lowest BCUT2D eigenvalue weighted by Crippen LogP contribution is -2.27. The summed E-state index contributed by atoms with van der Waals surface area (Å²) in [5, 5.41) is 10.2. The minimum atomic E-state index is -2.31. The van der Waals surface area contributed by atoms with E-state index in [4.69, 9.17) is 16.3 Å². The Kier molecular flexibility index (Phi) is 8.28. The molecule has 30 heavy (non-hydrogen) atoms. The summed E-state index contributed by atoms with van der Waals surface area (Å²) in [5.74, 6) is 0.359. The zero-order valence-electron chi connectivity index (χ0n) is 16.3. The lowest BCUT2D eigenvalue weighted by molar-refractivity contribution is 0.202. The fraction of sp³-hybridized carbons (Fsp3) is 0.217. The standard InChI is InChI=1S/C23H24ClNO4S/c24-14-22(26)20-11-12-23(29-16-19-9-5-2-6-10-19)21(13-20)25(17-30(27)28)15-18-7-3-1-4-8-18/h1-13,22,26H,14-17H2,(H,27,28)/p-1/t22-/m0/s1. The van der Waals surface area contributed by atoms with Crippen LogP contribution < -0.4 is 9.64 Å². The Morgan fingerprint density at radius 3 is 2.23 bits per heavy atom. The van der Waals surface area contributed by atoms with E-state index in [0.29, 0.717) is 30.2 Å². The Balaban J connectivity index is 1.95. The number of aliphatic hydroxyl groups is 1. The molecule has 0 bridgehead atoms. The van der Waals surface area contributed by atoms with E-state index in [2.05, 4.69) is 0 Å². The molecule has 0 aromatic heterocycles. The van der Waals surface area contributed by atoms with Crippen molar-refractivity contribution in [2.24, 2.45) is 0 Å². The Bertz CT molecular complexity index is 956. The van der Waals surface area contributed by atoms with Crippen LogP contribution in [-0.2, 0) is 24.2 Å². The van der Waals surface area contributed by atoms with Crippen molar-refractivity contribution in [3.63, 3.8) is 0 Å². The van der Waals surface area contributed by atoms with Crippen molar-refractivity contribution in [1.82, 2.24) is 0 Å². The van der Waals surface area contributed by atoms with E-state index < -0.39 is 17.2 Å². The van der Waals surface area contributed by atoms with Gasteiger partial charge in [-0.25, -0.2) is 0 Å². The number of anilines is 1. The SMILES string of the molecule is O=S([O-])CN(Cc1ccccc1)c1cc([C@@H](O)CCl)ccc1OCc1ccccc1. The first-order valence-corrected chi connectivity index (χ1v) is 11.2. The molecule has 3 aromatic rings. The summed E-state index contributed by atoms with van der Waals surface area (Å²) < 4.78 is 29.2. The van der Waals surface area contributed by atoms with Gasteiger partial charge in [0.1, 0.15) is 12.4 Å². The van der Waals surface area contributed by atoms with E-state index in [1.165, 1.54) is 0 Å². The van der Waals surface area contributed by atoms with Crippen LogP contribution in [0, 0.1) is 0 Å². The van der Waals surface area contributed by atoms with Crippen LogP contribution in [0.1, 0.15) is 22.8 Å². The first-order valence-electron chi connectivity index (χ1n) is 9.46. The maximum Gasteiger partial charge on any atom is 0.143 e. The number of hydrogen-bond donors (Lipinski definition) is 1. The minimum absolute atomic E-state index is 0.0375. The Morgan fingerprint density at radius 2 is 1.63 bits per heavy atom. The predicted octanol–water partition coefficient (Wildman–Crippen LogP) is 4.38. The molecule has 0 spiro atoms. The van der Waals surface area contributed by atoms with Gasteiger partial charge in [-0.1, -0.05) is 66.7 Å². The van der Waals surface area contributed by atoms with Crippen LogP contribution in [-0.4, -0.2) is 25.6 Å². The van der Waals surface area contributed by atoms with Gasteiger partial charge >= 0.3 is 0 Å². The molecule has 1 N–H and O–H groups in total. The third kappa shape index (κ3) is 6.31. The van der Waals surface area contributed by atoms with Crippen LogP contribution in [0.4, 0.5) is 5.69 Å². The maximum atomic E-state index is 11.6. The highest BCUT2D eigenvalue weighted by molar-refractivity contribution is 7.79. The lowest BCUT2D eigenvalue weighted by Gasteiger charge is -2.29. The van der Waals surface area contributed by atoms with E-state index in [1.54, 1.807) is 23.1 Å². The fourth-order valence-corrected chi connectivity index (χ4v) is 3.73. The van der Waals surface area contributed by atoms with Gasteiger partial charge < -0.3 is 19.3 Å². The molecule has 0 aliphatic carbocycles. The largest absolute Gasteiger partial charge is 0.771 e. The molecule has 2 atom stereocenters. The number of aliphatic hydroxyl groups excluding tert-OH is 1. The van der Waals surface area contributed by atoms with Gasteiger partial charge in [0.2, 0.25) is 0 Å².